The van der Waals surface area contributed by atoms with Gasteiger partial charge in [-0.3, -0.25) is 0 Å². The van der Waals surface area contributed by atoms with E-state index in [9.17, 15) is 4.79 Å². The molecule has 0 aliphatic carbocycles. The summed E-state index contributed by atoms with van der Waals surface area (Å²) in [6, 6.07) is 6.27. The summed E-state index contributed by atoms with van der Waals surface area (Å²) in [5, 5.41) is 6.19. The molecule has 0 bridgehead atoms. The highest BCUT2D eigenvalue weighted by Gasteiger charge is 2.11. The van der Waals surface area contributed by atoms with Gasteiger partial charge in [-0.05, 0) is 25.5 Å². The van der Waals surface area contributed by atoms with E-state index < -0.39 is 0 Å². The minimum Gasteiger partial charge on any atom is -0.496 e. The van der Waals surface area contributed by atoms with Crippen LogP contribution in [0.15, 0.2) is 18.2 Å². The minimum atomic E-state index is -0.0765. The second kappa shape index (κ2) is 7.75. The van der Waals surface area contributed by atoms with Crippen molar-refractivity contribution in [1.82, 2.24) is 15.5 Å². The van der Waals surface area contributed by atoms with Crippen molar-refractivity contribution >= 4 is 6.03 Å². The predicted octanol–water partition coefficient (Wildman–Crippen LogP) is 1.93. The summed E-state index contributed by atoms with van der Waals surface area (Å²) in [4.78, 5) is 12.9. The first kappa shape index (κ1) is 16.3. The highest BCUT2D eigenvalue weighted by molar-refractivity contribution is 5.73. The van der Waals surface area contributed by atoms with Crippen molar-refractivity contribution in [2.75, 3.05) is 34.3 Å². The van der Waals surface area contributed by atoms with E-state index in [0.29, 0.717) is 13.1 Å². The maximum Gasteiger partial charge on any atom is 0.316 e. The molecule has 5 heteroatoms. The number of benzene rings is 1. The van der Waals surface area contributed by atoms with Crippen molar-refractivity contribution in [2.45, 2.75) is 19.9 Å². The molecule has 1 atom stereocenters. The summed E-state index contributed by atoms with van der Waals surface area (Å²) >= 11 is 0. The number of nitrogens with zero attached hydrogens (tertiary/aromatic N) is 1. The number of ether oxygens (including phenoxy) is 1. The topological polar surface area (TPSA) is 53.6 Å². The van der Waals surface area contributed by atoms with E-state index in [1.807, 2.05) is 13.0 Å². The van der Waals surface area contributed by atoms with Crippen molar-refractivity contribution in [1.29, 1.82) is 0 Å². The van der Waals surface area contributed by atoms with E-state index in [1.54, 1.807) is 21.2 Å². The molecule has 0 spiro atoms. The highest BCUT2D eigenvalue weighted by atomic mass is 16.5. The van der Waals surface area contributed by atoms with E-state index >= 15 is 0 Å². The smallest absolute Gasteiger partial charge is 0.316 e. The fourth-order valence-corrected chi connectivity index (χ4v) is 1.90. The lowest BCUT2D eigenvalue weighted by molar-refractivity contribution is 0.217. The predicted molar refractivity (Wildman–Crippen MR) is 81.2 cm³/mol. The molecule has 0 radical (unpaired) electrons. The molecular weight excluding hydrogens is 254 g/mol. The van der Waals surface area contributed by atoms with Gasteiger partial charge < -0.3 is 20.3 Å². The molecule has 1 rings (SSSR count). The number of hydrogen-bond acceptors (Lipinski definition) is 3. The molecule has 2 N–H and O–H groups in total. The Labute approximate surface area is 121 Å². The Bertz CT molecular complexity index is 447. The van der Waals surface area contributed by atoms with Crippen LogP contribution in [0.4, 0.5) is 4.79 Å². The number of methoxy groups -OCH3 is 1. The molecule has 5 nitrogen and oxygen atoms in total. The molecule has 0 saturated carbocycles. The third kappa shape index (κ3) is 4.74. The van der Waals surface area contributed by atoms with Gasteiger partial charge in [-0.15, -0.1) is 0 Å². The molecule has 0 aliphatic rings. The number of urea groups is 1. The van der Waals surface area contributed by atoms with Crippen LogP contribution in [0.5, 0.6) is 5.75 Å². The Morgan fingerprint density at radius 2 is 2.05 bits per heavy atom. The normalized spacial score (nSPS) is 11.8. The van der Waals surface area contributed by atoms with E-state index in [2.05, 4.69) is 29.7 Å². The number of rotatable bonds is 6. The van der Waals surface area contributed by atoms with Gasteiger partial charge in [0.1, 0.15) is 5.75 Å². The van der Waals surface area contributed by atoms with Crippen molar-refractivity contribution in [3.8, 4) is 5.75 Å². The summed E-state index contributed by atoms with van der Waals surface area (Å²) in [6.45, 7) is 5.43. The SMILES string of the molecule is COc1cc(C)ccc1C(C)NCCNC(=O)N(C)C. The molecule has 0 aromatic heterocycles. The van der Waals surface area contributed by atoms with E-state index in [0.717, 1.165) is 11.3 Å². The van der Waals surface area contributed by atoms with Gasteiger partial charge in [-0.1, -0.05) is 12.1 Å². The molecule has 1 aromatic carbocycles. The number of hydrogen-bond donors (Lipinski definition) is 2. The van der Waals surface area contributed by atoms with Gasteiger partial charge in [0.05, 0.1) is 7.11 Å². The molecule has 1 unspecified atom stereocenters. The van der Waals surface area contributed by atoms with E-state index in [1.165, 1.54) is 10.5 Å². The fourth-order valence-electron chi connectivity index (χ4n) is 1.90. The van der Waals surface area contributed by atoms with Crippen LogP contribution in [0.2, 0.25) is 0 Å². The van der Waals surface area contributed by atoms with Gasteiger partial charge >= 0.3 is 6.03 Å². The van der Waals surface area contributed by atoms with E-state index in [4.69, 9.17) is 4.74 Å². The Kier molecular flexibility index (Phi) is 6.31. The number of carbonyl (C=O) groups excluding carboxylic acids is 1. The third-order valence-electron chi connectivity index (χ3n) is 3.11. The zero-order valence-electron chi connectivity index (χ0n) is 13.0. The second-order valence-corrected chi connectivity index (χ2v) is 5.05. The molecule has 1 aromatic rings. The van der Waals surface area contributed by atoms with Gasteiger partial charge in [-0.2, -0.15) is 0 Å². The Balaban J connectivity index is 2.47. The van der Waals surface area contributed by atoms with Gasteiger partial charge in [-0.25, -0.2) is 4.79 Å². The Morgan fingerprint density at radius 3 is 2.65 bits per heavy atom. The lowest BCUT2D eigenvalue weighted by Crippen LogP contribution is -2.38. The first-order valence-electron chi connectivity index (χ1n) is 6.78. The zero-order valence-corrected chi connectivity index (χ0v) is 13.0. The molecule has 0 heterocycles. The molecular formula is C15H25N3O2. The largest absolute Gasteiger partial charge is 0.496 e. The van der Waals surface area contributed by atoms with Crippen molar-refractivity contribution in [3.05, 3.63) is 29.3 Å². The van der Waals surface area contributed by atoms with Crippen LogP contribution in [-0.2, 0) is 0 Å². The molecule has 0 fully saturated rings. The summed E-state index contributed by atoms with van der Waals surface area (Å²) in [7, 11) is 5.13. The van der Waals surface area contributed by atoms with Crippen molar-refractivity contribution in [3.63, 3.8) is 0 Å². The first-order valence-corrected chi connectivity index (χ1v) is 6.78. The van der Waals surface area contributed by atoms with Gasteiger partial charge in [0, 0.05) is 38.8 Å². The monoisotopic (exact) mass is 279 g/mol. The summed E-state index contributed by atoms with van der Waals surface area (Å²) < 4.78 is 5.41. The highest BCUT2D eigenvalue weighted by Crippen LogP contribution is 2.25. The zero-order chi connectivity index (χ0) is 15.1. The lowest BCUT2D eigenvalue weighted by atomic mass is 10.0. The second-order valence-electron chi connectivity index (χ2n) is 5.05. The van der Waals surface area contributed by atoms with Gasteiger partial charge in [0.15, 0.2) is 0 Å². The van der Waals surface area contributed by atoms with Crippen LogP contribution in [0.25, 0.3) is 0 Å². The molecule has 0 saturated heterocycles. The van der Waals surface area contributed by atoms with Crippen LogP contribution >= 0.6 is 0 Å². The van der Waals surface area contributed by atoms with Crippen LogP contribution in [0.3, 0.4) is 0 Å². The molecule has 0 aliphatic heterocycles. The molecule has 20 heavy (non-hydrogen) atoms. The number of carbonyl (C=O) groups is 1. The summed E-state index contributed by atoms with van der Waals surface area (Å²) in [5.41, 5.74) is 2.30. The van der Waals surface area contributed by atoms with Gasteiger partial charge in [0.25, 0.3) is 0 Å². The maximum absolute atomic E-state index is 11.4. The molecule has 2 amide bonds. The molecule has 112 valence electrons. The average molecular weight is 279 g/mol. The lowest BCUT2D eigenvalue weighted by Gasteiger charge is -2.18. The van der Waals surface area contributed by atoms with Crippen LogP contribution in [-0.4, -0.2) is 45.2 Å². The minimum absolute atomic E-state index is 0.0765. The van der Waals surface area contributed by atoms with Crippen molar-refractivity contribution in [2.24, 2.45) is 0 Å². The fraction of sp³-hybridized carbons (Fsp3) is 0.533. The van der Waals surface area contributed by atoms with Crippen LogP contribution < -0.4 is 15.4 Å². The van der Waals surface area contributed by atoms with Crippen LogP contribution in [0.1, 0.15) is 24.1 Å². The summed E-state index contributed by atoms with van der Waals surface area (Å²) in [5.74, 6) is 0.891. The van der Waals surface area contributed by atoms with Crippen LogP contribution in [0, 0.1) is 6.92 Å². The summed E-state index contributed by atoms with van der Waals surface area (Å²) in [6.07, 6.45) is 0. The van der Waals surface area contributed by atoms with E-state index in [-0.39, 0.29) is 12.1 Å². The third-order valence-corrected chi connectivity index (χ3v) is 3.11. The Morgan fingerprint density at radius 1 is 1.35 bits per heavy atom. The number of nitrogens with one attached hydrogen (secondary N) is 2. The van der Waals surface area contributed by atoms with Gasteiger partial charge in [0.2, 0.25) is 0 Å². The Hall–Kier alpha value is -1.75. The average Bonchev–Trinajstić information content (AvgIpc) is 2.42. The number of aryl methyl sites for hydroxylation is 1. The maximum atomic E-state index is 11.4. The quantitative estimate of drug-likeness (QED) is 0.782. The standard InChI is InChI=1S/C15H25N3O2/c1-11-6-7-13(14(10-11)20-5)12(2)16-8-9-17-15(19)18(3)4/h6-7,10,12,16H,8-9H2,1-5H3,(H,17,19). The van der Waals surface area contributed by atoms with Crippen molar-refractivity contribution < 1.29 is 9.53 Å². The first-order chi connectivity index (χ1) is 9.45. The number of amides is 2.